The van der Waals surface area contributed by atoms with Crippen LogP contribution in [0.2, 0.25) is 0 Å². The molecule has 1 amide bonds. The third-order valence-corrected chi connectivity index (χ3v) is 4.13. The van der Waals surface area contributed by atoms with Gasteiger partial charge in [0.15, 0.2) is 0 Å². The second kappa shape index (κ2) is 5.15. The summed E-state index contributed by atoms with van der Waals surface area (Å²) >= 11 is 0. The van der Waals surface area contributed by atoms with E-state index in [1.165, 1.54) is 0 Å². The first kappa shape index (κ1) is 11.9. The van der Waals surface area contributed by atoms with Gasteiger partial charge in [-0.3, -0.25) is 4.79 Å². The largest absolute Gasteiger partial charge is 0.396 e. The summed E-state index contributed by atoms with van der Waals surface area (Å²) in [6, 6.07) is 0.208. The van der Waals surface area contributed by atoms with Crippen molar-refractivity contribution in [2.75, 3.05) is 6.61 Å². The van der Waals surface area contributed by atoms with Crippen molar-refractivity contribution in [1.29, 1.82) is 0 Å². The van der Waals surface area contributed by atoms with E-state index in [4.69, 9.17) is 5.73 Å². The number of nitrogens with two attached hydrogens (primary N) is 1. The fraction of sp³-hybridized carbons (Fsp3) is 0.917. The van der Waals surface area contributed by atoms with E-state index >= 15 is 0 Å². The molecule has 0 bridgehead atoms. The molecule has 0 heterocycles. The zero-order valence-corrected chi connectivity index (χ0v) is 9.69. The number of hydrogen-bond donors (Lipinski definition) is 3. The summed E-state index contributed by atoms with van der Waals surface area (Å²) in [6.07, 6.45) is 6.08. The van der Waals surface area contributed by atoms with Crippen LogP contribution in [0.3, 0.4) is 0 Å². The fourth-order valence-electron chi connectivity index (χ4n) is 3.05. The van der Waals surface area contributed by atoms with Crippen molar-refractivity contribution in [3.05, 3.63) is 0 Å². The second-order valence-corrected chi connectivity index (χ2v) is 5.19. The van der Waals surface area contributed by atoms with Gasteiger partial charge in [0.25, 0.3) is 0 Å². The molecule has 4 unspecified atom stereocenters. The Morgan fingerprint density at radius 1 is 1.25 bits per heavy atom. The van der Waals surface area contributed by atoms with Crippen molar-refractivity contribution in [3.63, 3.8) is 0 Å². The van der Waals surface area contributed by atoms with Crippen molar-refractivity contribution in [2.45, 2.75) is 50.6 Å². The van der Waals surface area contributed by atoms with Crippen LogP contribution in [0.25, 0.3) is 0 Å². The summed E-state index contributed by atoms with van der Waals surface area (Å²) in [5, 5.41) is 12.3. The Bertz CT molecular complexity index is 257. The summed E-state index contributed by atoms with van der Waals surface area (Å²) in [5.74, 6) is 0.358. The van der Waals surface area contributed by atoms with Gasteiger partial charge in [0.05, 0.1) is 5.92 Å². The van der Waals surface area contributed by atoms with Gasteiger partial charge in [-0.05, 0) is 25.7 Å². The minimum atomic E-state index is -0.0000529. The number of aliphatic hydroxyl groups excluding tert-OH is 1. The maximum Gasteiger partial charge on any atom is 0.224 e. The van der Waals surface area contributed by atoms with E-state index in [0.29, 0.717) is 0 Å². The first-order valence-electron chi connectivity index (χ1n) is 6.39. The fourth-order valence-corrected chi connectivity index (χ4v) is 3.05. The molecule has 0 spiro atoms. The van der Waals surface area contributed by atoms with E-state index in [1.807, 2.05) is 0 Å². The molecule has 4 atom stereocenters. The zero-order chi connectivity index (χ0) is 11.5. The molecule has 0 radical (unpaired) electrons. The van der Waals surface area contributed by atoms with E-state index in [-0.39, 0.29) is 36.4 Å². The standard InChI is InChI=1S/C12H22N2O2/c13-10-5-2-4-9(10)12(16)14-11-6-1-3-8(11)7-15/h8-11,15H,1-7,13H2,(H,14,16). The third kappa shape index (κ3) is 2.38. The molecule has 0 aromatic rings. The highest BCUT2D eigenvalue weighted by Gasteiger charge is 2.34. The smallest absolute Gasteiger partial charge is 0.224 e. The molecule has 0 aromatic carbocycles. The first-order chi connectivity index (χ1) is 7.72. The van der Waals surface area contributed by atoms with Gasteiger partial charge >= 0.3 is 0 Å². The van der Waals surface area contributed by atoms with E-state index < -0.39 is 0 Å². The summed E-state index contributed by atoms with van der Waals surface area (Å²) in [4.78, 5) is 12.0. The van der Waals surface area contributed by atoms with E-state index in [1.54, 1.807) is 0 Å². The van der Waals surface area contributed by atoms with Crippen LogP contribution in [0.1, 0.15) is 38.5 Å². The van der Waals surface area contributed by atoms with Gasteiger partial charge in [0, 0.05) is 24.6 Å². The van der Waals surface area contributed by atoms with Gasteiger partial charge in [0.1, 0.15) is 0 Å². The SMILES string of the molecule is NC1CCCC1C(=O)NC1CCCC1CO. The van der Waals surface area contributed by atoms with Gasteiger partial charge < -0.3 is 16.2 Å². The molecular formula is C12H22N2O2. The molecule has 0 aliphatic heterocycles. The Labute approximate surface area is 96.6 Å². The summed E-state index contributed by atoms with van der Waals surface area (Å²) in [5.41, 5.74) is 5.91. The molecule has 2 aliphatic carbocycles. The van der Waals surface area contributed by atoms with Crippen LogP contribution in [-0.2, 0) is 4.79 Å². The predicted molar refractivity (Wildman–Crippen MR) is 61.7 cm³/mol. The molecular weight excluding hydrogens is 204 g/mol. The molecule has 2 saturated carbocycles. The van der Waals surface area contributed by atoms with Crippen molar-refractivity contribution < 1.29 is 9.90 Å². The molecule has 2 aliphatic rings. The van der Waals surface area contributed by atoms with Crippen LogP contribution in [-0.4, -0.2) is 29.7 Å². The van der Waals surface area contributed by atoms with Crippen molar-refractivity contribution >= 4 is 5.91 Å². The van der Waals surface area contributed by atoms with Crippen LogP contribution >= 0.6 is 0 Å². The van der Waals surface area contributed by atoms with Crippen LogP contribution in [0, 0.1) is 11.8 Å². The average molecular weight is 226 g/mol. The van der Waals surface area contributed by atoms with Crippen molar-refractivity contribution in [1.82, 2.24) is 5.32 Å². The zero-order valence-electron chi connectivity index (χ0n) is 9.69. The van der Waals surface area contributed by atoms with E-state index in [9.17, 15) is 9.90 Å². The second-order valence-electron chi connectivity index (χ2n) is 5.19. The molecule has 0 saturated heterocycles. The number of hydrogen-bond acceptors (Lipinski definition) is 3. The minimum Gasteiger partial charge on any atom is -0.396 e. The normalized spacial score (nSPS) is 38.9. The van der Waals surface area contributed by atoms with Crippen molar-refractivity contribution in [3.8, 4) is 0 Å². The number of aliphatic hydroxyl groups is 1. The van der Waals surface area contributed by atoms with E-state index in [2.05, 4.69) is 5.32 Å². The summed E-state index contributed by atoms with van der Waals surface area (Å²) in [7, 11) is 0. The highest BCUT2D eigenvalue weighted by Crippen LogP contribution is 2.28. The maximum absolute atomic E-state index is 12.0. The summed E-state index contributed by atoms with van der Waals surface area (Å²) < 4.78 is 0. The van der Waals surface area contributed by atoms with Gasteiger partial charge in [-0.25, -0.2) is 0 Å². The molecule has 2 rings (SSSR count). The number of rotatable bonds is 3. The van der Waals surface area contributed by atoms with Crippen LogP contribution in [0.15, 0.2) is 0 Å². The third-order valence-electron chi connectivity index (χ3n) is 4.13. The molecule has 16 heavy (non-hydrogen) atoms. The molecule has 0 aromatic heterocycles. The quantitative estimate of drug-likeness (QED) is 0.651. The Morgan fingerprint density at radius 2 is 2.00 bits per heavy atom. The molecule has 4 N–H and O–H groups in total. The average Bonchev–Trinajstić information content (AvgIpc) is 2.86. The number of carbonyl (C=O) groups excluding carboxylic acids is 1. The topological polar surface area (TPSA) is 75.4 Å². The highest BCUT2D eigenvalue weighted by molar-refractivity contribution is 5.80. The lowest BCUT2D eigenvalue weighted by Gasteiger charge is -2.22. The lowest BCUT2D eigenvalue weighted by atomic mass is 10.0. The molecule has 2 fully saturated rings. The number of nitrogens with one attached hydrogen (secondary N) is 1. The maximum atomic E-state index is 12.0. The number of carbonyl (C=O) groups is 1. The first-order valence-corrected chi connectivity index (χ1v) is 6.39. The lowest BCUT2D eigenvalue weighted by molar-refractivity contribution is -0.126. The Morgan fingerprint density at radius 3 is 2.62 bits per heavy atom. The van der Waals surface area contributed by atoms with Gasteiger partial charge in [-0.15, -0.1) is 0 Å². The Kier molecular flexibility index (Phi) is 3.82. The Balaban J connectivity index is 1.86. The summed E-state index contributed by atoms with van der Waals surface area (Å²) in [6.45, 7) is 0.182. The molecule has 4 heteroatoms. The van der Waals surface area contributed by atoms with Crippen LogP contribution in [0.4, 0.5) is 0 Å². The minimum absolute atomic E-state index is 0.0000529. The number of amides is 1. The lowest BCUT2D eigenvalue weighted by Crippen LogP contribution is -2.45. The van der Waals surface area contributed by atoms with Crippen LogP contribution in [0.5, 0.6) is 0 Å². The van der Waals surface area contributed by atoms with E-state index in [0.717, 1.165) is 38.5 Å². The van der Waals surface area contributed by atoms with Gasteiger partial charge in [-0.1, -0.05) is 12.8 Å². The molecule has 92 valence electrons. The Hall–Kier alpha value is -0.610. The van der Waals surface area contributed by atoms with Gasteiger partial charge in [-0.2, -0.15) is 0 Å². The monoisotopic (exact) mass is 226 g/mol. The highest BCUT2D eigenvalue weighted by atomic mass is 16.3. The van der Waals surface area contributed by atoms with Crippen molar-refractivity contribution in [2.24, 2.45) is 17.6 Å². The van der Waals surface area contributed by atoms with Gasteiger partial charge in [0.2, 0.25) is 5.91 Å². The predicted octanol–water partition coefficient (Wildman–Crippen LogP) is 0.391. The van der Waals surface area contributed by atoms with Crippen LogP contribution < -0.4 is 11.1 Å². The molecule has 4 nitrogen and oxygen atoms in total.